The van der Waals surface area contributed by atoms with Gasteiger partial charge in [0.15, 0.2) is 6.61 Å². The lowest BCUT2D eigenvalue weighted by atomic mass is 10.1. The maximum atomic E-state index is 12.7. The van der Waals surface area contributed by atoms with Crippen LogP contribution in [0.1, 0.15) is 32.0 Å². The molecule has 0 atom stereocenters. The molecule has 0 aliphatic heterocycles. The zero-order chi connectivity index (χ0) is 21.7. The first kappa shape index (κ1) is 22.1. The number of nitrogens with zero attached hydrogens (tertiary/aromatic N) is 2. The van der Waals surface area contributed by atoms with Crippen molar-refractivity contribution in [1.82, 2.24) is 20.6 Å². The van der Waals surface area contributed by atoms with Crippen molar-refractivity contribution >= 4 is 12.0 Å². The molecule has 7 nitrogen and oxygen atoms in total. The maximum absolute atomic E-state index is 12.7. The Balaban J connectivity index is 1.91. The molecule has 0 radical (unpaired) electrons. The van der Waals surface area contributed by atoms with Gasteiger partial charge in [0.2, 0.25) is 0 Å². The highest BCUT2D eigenvalue weighted by atomic mass is 19.4. The molecule has 1 aromatic carbocycles. The van der Waals surface area contributed by atoms with Gasteiger partial charge in [-0.05, 0) is 39.0 Å². The minimum atomic E-state index is -4.41. The fourth-order valence-corrected chi connectivity index (χ4v) is 2.20. The van der Waals surface area contributed by atoms with Crippen LogP contribution in [0.2, 0.25) is 0 Å². The van der Waals surface area contributed by atoms with Crippen LogP contribution in [0.5, 0.6) is 0 Å². The average Bonchev–Trinajstić information content (AvgIpc) is 2.63. The number of nitrogens with one attached hydrogen (secondary N) is 2. The first-order valence-corrected chi connectivity index (χ1v) is 8.64. The van der Waals surface area contributed by atoms with Crippen molar-refractivity contribution in [2.45, 2.75) is 39.0 Å². The second-order valence-electron chi connectivity index (χ2n) is 7.20. The van der Waals surface area contributed by atoms with Crippen LogP contribution < -0.4 is 10.6 Å². The molecule has 0 unspecified atom stereocenters. The number of alkyl halides is 3. The number of ether oxygens (including phenoxy) is 1. The Bertz CT molecular complexity index is 862. The number of halogens is 3. The number of benzene rings is 1. The van der Waals surface area contributed by atoms with E-state index in [1.165, 1.54) is 18.5 Å². The summed E-state index contributed by atoms with van der Waals surface area (Å²) in [6.45, 7) is 4.91. The van der Waals surface area contributed by atoms with E-state index >= 15 is 0 Å². The van der Waals surface area contributed by atoms with Crippen molar-refractivity contribution in [3.63, 3.8) is 0 Å². The van der Waals surface area contributed by atoms with Crippen LogP contribution in [0.3, 0.4) is 0 Å². The summed E-state index contributed by atoms with van der Waals surface area (Å²) >= 11 is 0. The highest BCUT2D eigenvalue weighted by Gasteiger charge is 2.30. The average molecular weight is 410 g/mol. The summed E-state index contributed by atoms with van der Waals surface area (Å²) in [5.41, 5.74) is 0.109. The van der Waals surface area contributed by atoms with E-state index in [0.29, 0.717) is 17.0 Å². The molecule has 10 heteroatoms. The van der Waals surface area contributed by atoms with E-state index in [-0.39, 0.29) is 6.54 Å². The van der Waals surface area contributed by atoms with E-state index in [4.69, 9.17) is 4.74 Å². The SMILES string of the molecule is CC(C)(C)NC(=O)OCC(=O)NCc1cc(-c2ccc(C(F)(F)F)cc2)ncn1. The van der Waals surface area contributed by atoms with Crippen LogP contribution in [-0.2, 0) is 22.3 Å². The number of carbonyl (C=O) groups is 2. The number of hydrogen-bond donors (Lipinski definition) is 2. The second-order valence-corrected chi connectivity index (χ2v) is 7.20. The third-order valence-electron chi connectivity index (χ3n) is 3.51. The van der Waals surface area contributed by atoms with E-state index in [9.17, 15) is 22.8 Å². The number of amides is 2. The van der Waals surface area contributed by atoms with Gasteiger partial charge in [-0.1, -0.05) is 12.1 Å². The first-order valence-electron chi connectivity index (χ1n) is 8.64. The minimum Gasteiger partial charge on any atom is -0.439 e. The Morgan fingerprint density at radius 3 is 2.31 bits per heavy atom. The van der Waals surface area contributed by atoms with E-state index in [2.05, 4.69) is 20.6 Å². The molecule has 0 fully saturated rings. The van der Waals surface area contributed by atoms with Crippen molar-refractivity contribution in [3.05, 3.63) is 47.9 Å². The summed E-state index contributed by atoms with van der Waals surface area (Å²) in [4.78, 5) is 31.4. The molecule has 156 valence electrons. The van der Waals surface area contributed by atoms with Crippen molar-refractivity contribution in [3.8, 4) is 11.3 Å². The van der Waals surface area contributed by atoms with Gasteiger partial charge in [-0.2, -0.15) is 13.2 Å². The molecular formula is C19H21F3N4O3. The zero-order valence-electron chi connectivity index (χ0n) is 16.1. The van der Waals surface area contributed by atoms with Gasteiger partial charge >= 0.3 is 12.3 Å². The number of rotatable bonds is 5. The number of alkyl carbamates (subject to hydrolysis) is 1. The van der Waals surface area contributed by atoms with E-state index in [1.54, 1.807) is 26.8 Å². The van der Waals surface area contributed by atoms with Gasteiger partial charge in [0.05, 0.1) is 23.5 Å². The van der Waals surface area contributed by atoms with Crippen LogP contribution in [0.15, 0.2) is 36.7 Å². The first-order chi connectivity index (χ1) is 13.4. The topological polar surface area (TPSA) is 93.2 Å². The zero-order valence-corrected chi connectivity index (χ0v) is 16.1. The van der Waals surface area contributed by atoms with Crippen LogP contribution in [0.25, 0.3) is 11.3 Å². The van der Waals surface area contributed by atoms with Crippen LogP contribution in [-0.4, -0.2) is 34.1 Å². The lowest BCUT2D eigenvalue weighted by molar-refractivity contribution is -0.137. The smallest absolute Gasteiger partial charge is 0.416 e. The monoisotopic (exact) mass is 410 g/mol. The fraction of sp³-hybridized carbons (Fsp3) is 0.368. The van der Waals surface area contributed by atoms with Gasteiger partial charge in [0.25, 0.3) is 5.91 Å². The van der Waals surface area contributed by atoms with Gasteiger partial charge in [0, 0.05) is 11.1 Å². The van der Waals surface area contributed by atoms with Crippen LogP contribution in [0.4, 0.5) is 18.0 Å². The highest BCUT2D eigenvalue weighted by molar-refractivity contribution is 5.80. The summed E-state index contributed by atoms with van der Waals surface area (Å²) in [5.74, 6) is -0.524. The van der Waals surface area contributed by atoms with Gasteiger partial charge in [-0.25, -0.2) is 14.8 Å². The molecule has 0 saturated heterocycles. The molecule has 1 heterocycles. The van der Waals surface area contributed by atoms with E-state index < -0.39 is 35.9 Å². The molecule has 1 aromatic heterocycles. The Morgan fingerprint density at radius 2 is 1.72 bits per heavy atom. The highest BCUT2D eigenvalue weighted by Crippen LogP contribution is 2.30. The van der Waals surface area contributed by atoms with E-state index in [1.807, 2.05) is 0 Å². The molecule has 2 N–H and O–H groups in total. The lowest BCUT2D eigenvalue weighted by Gasteiger charge is -2.19. The Kier molecular flexibility index (Phi) is 6.78. The molecule has 2 rings (SSSR count). The maximum Gasteiger partial charge on any atom is 0.416 e. The number of hydrogen-bond acceptors (Lipinski definition) is 5. The van der Waals surface area contributed by atoms with E-state index in [0.717, 1.165) is 12.1 Å². The Hall–Kier alpha value is -3.17. The standard InChI is InChI=1S/C19H21F3N4O3/c1-18(2,3)26-17(28)29-10-16(27)23-9-14-8-15(25-11-24-14)12-4-6-13(7-5-12)19(20,21)22/h4-8,11H,9-10H2,1-3H3,(H,23,27)(H,26,28). The van der Waals surface area contributed by atoms with Crippen molar-refractivity contribution < 1.29 is 27.5 Å². The van der Waals surface area contributed by atoms with Gasteiger partial charge in [0.1, 0.15) is 6.33 Å². The summed E-state index contributed by atoms with van der Waals surface area (Å²) < 4.78 is 42.8. The predicted octanol–water partition coefficient (Wildman–Crippen LogP) is 3.30. The summed E-state index contributed by atoms with van der Waals surface area (Å²) in [6.07, 6.45) is -3.87. The Morgan fingerprint density at radius 1 is 1.07 bits per heavy atom. The molecule has 0 bridgehead atoms. The van der Waals surface area contributed by atoms with Gasteiger partial charge in [-0.15, -0.1) is 0 Å². The molecule has 2 aromatic rings. The quantitative estimate of drug-likeness (QED) is 0.789. The van der Waals surface area contributed by atoms with Crippen molar-refractivity contribution in [1.29, 1.82) is 0 Å². The van der Waals surface area contributed by atoms with Crippen LogP contribution in [0, 0.1) is 0 Å². The summed E-state index contributed by atoms with van der Waals surface area (Å²) in [5, 5.41) is 5.10. The molecule has 0 aliphatic carbocycles. The predicted molar refractivity (Wildman–Crippen MR) is 98.6 cm³/mol. The van der Waals surface area contributed by atoms with Crippen molar-refractivity contribution in [2.75, 3.05) is 6.61 Å². The lowest BCUT2D eigenvalue weighted by Crippen LogP contribution is -2.42. The third kappa shape index (κ3) is 7.40. The largest absolute Gasteiger partial charge is 0.439 e. The number of aromatic nitrogens is 2. The minimum absolute atomic E-state index is 0.0409. The fourth-order valence-electron chi connectivity index (χ4n) is 2.20. The normalized spacial score (nSPS) is 11.7. The third-order valence-corrected chi connectivity index (χ3v) is 3.51. The van der Waals surface area contributed by atoms with Gasteiger partial charge in [-0.3, -0.25) is 4.79 Å². The summed E-state index contributed by atoms with van der Waals surface area (Å²) in [7, 11) is 0. The molecule has 0 aliphatic rings. The molecule has 2 amide bonds. The second kappa shape index (κ2) is 8.89. The Labute approximate surface area is 165 Å². The number of carbonyl (C=O) groups excluding carboxylic acids is 2. The molecule has 29 heavy (non-hydrogen) atoms. The van der Waals surface area contributed by atoms with Crippen molar-refractivity contribution in [2.24, 2.45) is 0 Å². The van der Waals surface area contributed by atoms with Crippen LogP contribution >= 0.6 is 0 Å². The van der Waals surface area contributed by atoms with Gasteiger partial charge < -0.3 is 15.4 Å². The molecular weight excluding hydrogens is 389 g/mol. The molecule has 0 saturated carbocycles. The summed E-state index contributed by atoms with van der Waals surface area (Å²) in [6, 6.07) is 6.12. The molecule has 0 spiro atoms.